The fourth-order valence-corrected chi connectivity index (χ4v) is 2.36. The van der Waals surface area contributed by atoms with Gasteiger partial charge in [-0.3, -0.25) is 4.79 Å². The molecule has 0 fully saturated rings. The lowest BCUT2D eigenvalue weighted by Gasteiger charge is -2.01. The molecule has 0 unspecified atom stereocenters. The second-order valence-corrected chi connectivity index (χ2v) is 5.44. The Labute approximate surface area is 133 Å². The highest BCUT2D eigenvalue weighted by Gasteiger charge is 2.15. The van der Waals surface area contributed by atoms with E-state index in [0.717, 1.165) is 22.8 Å². The second-order valence-electron chi connectivity index (χ2n) is 5.44. The Balaban J connectivity index is 1.63. The van der Waals surface area contributed by atoms with Crippen molar-refractivity contribution < 1.29 is 18.2 Å². The number of aromatic nitrogens is 1. The lowest BCUT2D eigenvalue weighted by molar-refractivity contribution is 0.0918. The Morgan fingerprint density at radius 2 is 1.87 bits per heavy atom. The third kappa shape index (κ3) is 3.36. The van der Waals surface area contributed by atoms with Gasteiger partial charge < -0.3 is 18.7 Å². The molecule has 120 valence electrons. The highest BCUT2D eigenvalue weighted by molar-refractivity contribution is 5.91. The average Bonchev–Trinajstić information content (AvgIpc) is 3.22. The van der Waals surface area contributed by atoms with E-state index in [0.29, 0.717) is 24.5 Å². The summed E-state index contributed by atoms with van der Waals surface area (Å²) in [6.45, 7) is 5.93. The van der Waals surface area contributed by atoms with Gasteiger partial charge in [0.25, 0.3) is 5.91 Å². The molecule has 3 aromatic heterocycles. The van der Waals surface area contributed by atoms with Crippen LogP contribution in [-0.2, 0) is 13.0 Å². The molecule has 6 heteroatoms. The van der Waals surface area contributed by atoms with Gasteiger partial charge in [-0.1, -0.05) is 5.16 Å². The molecular formula is C17H18N2O4. The number of amides is 1. The molecule has 0 atom stereocenters. The van der Waals surface area contributed by atoms with Crippen molar-refractivity contribution in [2.75, 3.05) is 0 Å². The predicted molar refractivity (Wildman–Crippen MR) is 82.1 cm³/mol. The van der Waals surface area contributed by atoms with Gasteiger partial charge >= 0.3 is 0 Å². The molecule has 0 saturated carbocycles. The van der Waals surface area contributed by atoms with E-state index in [1.807, 2.05) is 32.9 Å². The quantitative estimate of drug-likeness (QED) is 0.781. The normalized spacial score (nSPS) is 10.9. The van der Waals surface area contributed by atoms with Gasteiger partial charge in [0.05, 0.1) is 12.2 Å². The van der Waals surface area contributed by atoms with Crippen LogP contribution in [0.4, 0.5) is 0 Å². The molecule has 3 aromatic rings. The van der Waals surface area contributed by atoms with E-state index >= 15 is 0 Å². The van der Waals surface area contributed by atoms with Crippen LogP contribution in [0.3, 0.4) is 0 Å². The summed E-state index contributed by atoms with van der Waals surface area (Å²) < 4.78 is 16.1. The van der Waals surface area contributed by atoms with E-state index in [4.69, 9.17) is 13.4 Å². The number of carbonyl (C=O) groups is 1. The first-order valence-corrected chi connectivity index (χ1v) is 7.37. The van der Waals surface area contributed by atoms with Crippen LogP contribution in [0.2, 0.25) is 0 Å². The van der Waals surface area contributed by atoms with Gasteiger partial charge in [0, 0.05) is 12.0 Å². The van der Waals surface area contributed by atoms with Crippen molar-refractivity contribution in [3.8, 4) is 0 Å². The Morgan fingerprint density at radius 1 is 1.09 bits per heavy atom. The van der Waals surface area contributed by atoms with Crippen LogP contribution < -0.4 is 5.32 Å². The Hall–Kier alpha value is -2.76. The molecule has 23 heavy (non-hydrogen) atoms. The molecule has 0 spiro atoms. The van der Waals surface area contributed by atoms with Crippen molar-refractivity contribution in [1.82, 2.24) is 10.5 Å². The smallest absolute Gasteiger partial charge is 0.287 e. The van der Waals surface area contributed by atoms with E-state index < -0.39 is 0 Å². The SMILES string of the molecule is Cc1ccc(CNC(=O)c2ccc(Cc3c(C)noc3C)o2)o1. The minimum Gasteiger partial charge on any atom is -0.465 e. The summed E-state index contributed by atoms with van der Waals surface area (Å²) in [6.07, 6.45) is 0.547. The first-order valence-electron chi connectivity index (χ1n) is 7.37. The maximum Gasteiger partial charge on any atom is 0.287 e. The molecule has 1 amide bonds. The number of aryl methyl sites for hydroxylation is 3. The van der Waals surface area contributed by atoms with Crippen molar-refractivity contribution in [2.24, 2.45) is 0 Å². The molecule has 3 heterocycles. The van der Waals surface area contributed by atoms with Gasteiger partial charge in [-0.15, -0.1) is 0 Å². The summed E-state index contributed by atoms with van der Waals surface area (Å²) >= 11 is 0. The van der Waals surface area contributed by atoms with Crippen LogP contribution >= 0.6 is 0 Å². The maximum atomic E-state index is 12.1. The number of nitrogens with one attached hydrogen (secondary N) is 1. The number of furan rings is 2. The summed E-state index contributed by atoms with van der Waals surface area (Å²) in [5, 5.41) is 6.68. The third-order valence-electron chi connectivity index (χ3n) is 3.64. The van der Waals surface area contributed by atoms with Crippen LogP contribution in [0.25, 0.3) is 0 Å². The number of hydrogen-bond acceptors (Lipinski definition) is 5. The first kappa shape index (κ1) is 15.1. The van der Waals surface area contributed by atoms with Gasteiger partial charge in [-0.05, 0) is 45.0 Å². The van der Waals surface area contributed by atoms with E-state index in [2.05, 4.69) is 10.5 Å². The minimum absolute atomic E-state index is 0.273. The molecule has 0 aliphatic heterocycles. The second kappa shape index (κ2) is 6.16. The zero-order valence-corrected chi connectivity index (χ0v) is 13.3. The Bertz CT molecular complexity index is 806. The van der Waals surface area contributed by atoms with Crippen molar-refractivity contribution in [3.05, 3.63) is 64.3 Å². The molecule has 0 aliphatic carbocycles. The first-order chi connectivity index (χ1) is 11.0. The average molecular weight is 314 g/mol. The zero-order valence-electron chi connectivity index (χ0n) is 13.3. The topological polar surface area (TPSA) is 81.4 Å². The molecule has 0 aromatic carbocycles. The molecule has 0 saturated heterocycles. The van der Waals surface area contributed by atoms with E-state index in [1.165, 1.54) is 0 Å². The highest BCUT2D eigenvalue weighted by atomic mass is 16.5. The highest BCUT2D eigenvalue weighted by Crippen LogP contribution is 2.19. The van der Waals surface area contributed by atoms with Gasteiger partial charge in [0.15, 0.2) is 5.76 Å². The molecule has 1 N–H and O–H groups in total. The van der Waals surface area contributed by atoms with Crippen LogP contribution in [-0.4, -0.2) is 11.1 Å². The summed E-state index contributed by atoms with van der Waals surface area (Å²) in [4.78, 5) is 12.1. The standard InChI is InChI=1S/C17H18N2O4/c1-10-4-5-14(21-10)9-18-17(20)16-7-6-13(22-16)8-15-11(2)19-23-12(15)3/h4-7H,8-9H2,1-3H3,(H,18,20). The minimum atomic E-state index is -0.274. The summed E-state index contributed by atoms with van der Waals surface area (Å²) in [7, 11) is 0. The molecule has 0 aliphatic rings. The van der Waals surface area contributed by atoms with Crippen LogP contribution in [0.1, 0.15) is 44.9 Å². The number of hydrogen-bond donors (Lipinski definition) is 1. The molecule has 3 rings (SSSR count). The van der Waals surface area contributed by atoms with E-state index in [1.54, 1.807) is 12.1 Å². The van der Waals surface area contributed by atoms with Crippen molar-refractivity contribution in [3.63, 3.8) is 0 Å². The van der Waals surface area contributed by atoms with E-state index in [9.17, 15) is 4.79 Å². The van der Waals surface area contributed by atoms with Gasteiger partial charge in [-0.25, -0.2) is 0 Å². The predicted octanol–water partition coefficient (Wildman–Crippen LogP) is 3.31. The zero-order chi connectivity index (χ0) is 16.4. The molecular weight excluding hydrogens is 296 g/mol. The molecule has 0 bridgehead atoms. The number of carbonyl (C=O) groups excluding carboxylic acids is 1. The Morgan fingerprint density at radius 3 is 2.52 bits per heavy atom. The van der Waals surface area contributed by atoms with Gasteiger partial charge in [-0.2, -0.15) is 0 Å². The Kier molecular flexibility index (Phi) is 4.06. The van der Waals surface area contributed by atoms with Crippen molar-refractivity contribution in [2.45, 2.75) is 33.7 Å². The summed E-state index contributed by atoms with van der Waals surface area (Å²) in [5.74, 6) is 2.97. The van der Waals surface area contributed by atoms with Crippen LogP contribution in [0, 0.1) is 20.8 Å². The fourth-order valence-electron chi connectivity index (χ4n) is 2.36. The lowest BCUT2D eigenvalue weighted by Crippen LogP contribution is -2.21. The monoisotopic (exact) mass is 314 g/mol. The van der Waals surface area contributed by atoms with Gasteiger partial charge in [0.1, 0.15) is 23.0 Å². The molecule has 6 nitrogen and oxygen atoms in total. The third-order valence-corrected chi connectivity index (χ3v) is 3.64. The largest absolute Gasteiger partial charge is 0.465 e. The molecule has 0 radical (unpaired) electrons. The number of rotatable bonds is 5. The van der Waals surface area contributed by atoms with E-state index in [-0.39, 0.29) is 11.7 Å². The van der Waals surface area contributed by atoms with Crippen molar-refractivity contribution in [1.29, 1.82) is 0 Å². The maximum absolute atomic E-state index is 12.1. The number of nitrogens with zero attached hydrogens (tertiary/aromatic N) is 1. The summed E-state index contributed by atoms with van der Waals surface area (Å²) in [5.41, 5.74) is 1.82. The van der Waals surface area contributed by atoms with Crippen molar-refractivity contribution >= 4 is 5.91 Å². The van der Waals surface area contributed by atoms with Crippen LogP contribution in [0.5, 0.6) is 0 Å². The van der Waals surface area contributed by atoms with Crippen LogP contribution in [0.15, 0.2) is 37.6 Å². The lowest BCUT2D eigenvalue weighted by atomic mass is 10.1. The van der Waals surface area contributed by atoms with Gasteiger partial charge in [0.2, 0.25) is 0 Å². The summed E-state index contributed by atoms with van der Waals surface area (Å²) in [6, 6.07) is 7.14. The fraction of sp³-hybridized carbons (Fsp3) is 0.294.